The van der Waals surface area contributed by atoms with Gasteiger partial charge in [-0.3, -0.25) is 0 Å². The molecule has 3 N–H and O–H groups in total. The Morgan fingerprint density at radius 2 is 2.21 bits per heavy atom. The standard InChI is InChI=1S/C13H19N3O2S/c1-17-7-8-18-6-2-5-15-13-16-11-4-3-10(14)9-12(11)19-13/h3-4,9H,2,5-8,14H2,1H3,(H,15,16). The number of rotatable bonds is 8. The van der Waals surface area contributed by atoms with Gasteiger partial charge in [-0.25, -0.2) is 4.98 Å². The van der Waals surface area contributed by atoms with E-state index >= 15 is 0 Å². The summed E-state index contributed by atoms with van der Waals surface area (Å²) in [6, 6.07) is 5.77. The molecule has 0 radical (unpaired) electrons. The van der Waals surface area contributed by atoms with E-state index in [1.165, 1.54) is 0 Å². The number of hydrogen-bond acceptors (Lipinski definition) is 6. The highest BCUT2D eigenvalue weighted by molar-refractivity contribution is 7.22. The highest BCUT2D eigenvalue weighted by Gasteiger charge is 2.03. The zero-order valence-electron chi connectivity index (χ0n) is 11.0. The largest absolute Gasteiger partial charge is 0.399 e. The minimum absolute atomic E-state index is 0.646. The smallest absolute Gasteiger partial charge is 0.183 e. The monoisotopic (exact) mass is 281 g/mol. The first-order chi connectivity index (χ1) is 9.29. The number of ether oxygens (including phenoxy) is 2. The van der Waals surface area contributed by atoms with Gasteiger partial charge in [-0.05, 0) is 24.6 Å². The van der Waals surface area contributed by atoms with E-state index in [9.17, 15) is 0 Å². The van der Waals surface area contributed by atoms with Crippen LogP contribution in [0.4, 0.5) is 10.8 Å². The second-order valence-electron chi connectivity index (χ2n) is 4.13. The van der Waals surface area contributed by atoms with Crippen molar-refractivity contribution in [3.63, 3.8) is 0 Å². The molecule has 5 nitrogen and oxygen atoms in total. The normalized spacial score (nSPS) is 11.0. The summed E-state index contributed by atoms with van der Waals surface area (Å²) in [6.07, 6.45) is 0.946. The molecule has 0 fully saturated rings. The molecular weight excluding hydrogens is 262 g/mol. The molecule has 0 aliphatic carbocycles. The Bertz CT molecular complexity index is 516. The van der Waals surface area contributed by atoms with Crippen LogP contribution in [0.3, 0.4) is 0 Å². The predicted molar refractivity (Wildman–Crippen MR) is 79.8 cm³/mol. The molecule has 2 aromatic rings. The number of methoxy groups -OCH3 is 1. The number of fused-ring (bicyclic) bond motifs is 1. The summed E-state index contributed by atoms with van der Waals surface area (Å²) in [5.41, 5.74) is 7.50. The van der Waals surface area contributed by atoms with Crippen LogP contribution in [-0.2, 0) is 9.47 Å². The topological polar surface area (TPSA) is 69.4 Å². The lowest BCUT2D eigenvalue weighted by Crippen LogP contribution is -2.08. The van der Waals surface area contributed by atoms with Gasteiger partial charge in [-0.2, -0.15) is 0 Å². The first-order valence-electron chi connectivity index (χ1n) is 6.26. The Labute approximate surface area is 116 Å². The molecule has 1 heterocycles. The van der Waals surface area contributed by atoms with Crippen molar-refractivity contribution in [1.29, 1.82) is 0 Å². The average Bonchev–Trinajstić information content (AvgIpc) is 2.79. The zero-order valence-corrected chi connectivity index (χ0v) is 11.8. The molecule has 0 saturated carbocycles. The molecular formula is C13H19N3O2S. The van der Waals surface area contributed by atoms with Crippen molar-refractivity contribution in [2.45, 2.75) is 6.42 Å². The minimum atomic E-state index is 0.646. The highest BCUT2D eigenvalue weighted by Crippen LogP contribution is 2.27. The molecule has 2 rings (SSSR count). The quantitative estimate of drug-likeness (QED) is 0.574. The molecule has 104 valence electrons. The van der Waals surface area contributed by atoms with Crippen molar-refractivity contribution in [3.05, 3.63) is 18.2 Å². The van der Waals surface area contributed by atoms with Gasteiger partial charge in [-0.15, -0.1) is 0 Å². The molecule has 0 saturated heterocycles. The van der Waals surface area contributed by atoms with E-state index < -0.39 is 0 Å². The maximum Gasteiger partial charge on any atom is 0.183 e. The van der Waals surface area contributed by atoms with Crippen LogP contribution in [0.15, 0.2) is 18.2 Å². The summed E-state index contributed by atoms with van der Waals surface area (Å²) in [7, 11) is 1.67. The Hall–Kier alpha value is -1.37. The van der Waals surface area contributed by atoms with Gasteiger partial charge in [-0.1, -0.05) is 11.3 Å². The molecule has 1 aromatic carbocycles. The third-order valence-electron chi connectivity index (χ3n) is 2.59. The lowest BCUT2D eigenvalue weighted by Gasteiger charge is -2.04. The lowest BCUT2D eigenvalue weighted by molar-refractivity contribution is 0.0705. The molecule has 6 heteroatoms. The van der Waals surface area contributed by atoms with Crippen LogP contribution in [0, 0.1) is 0 Å². The fraction of sp³-hybridized carbons (Fsp3) is 0.462. The molecule has 0 unspecified atom stereocenters. The van der Waals surface area contributed by atoms with Crippen molar-refractivity contribution >= 4 is 32.4 Å². The Morgan fingerprint density at radius 1 is 1.32 bits per heavy atom. The van der Waals surface area contributed by atoms with E-state index in [-0.39, 0.29) is 0 Å². The zero-order chi connectivity index (χ0) is 13.5. The second kappa shape index (κ2) is 7.28. The number of aromatic nitrogens is 1. The van der Waals surface area contributed by atoms with Crippen LogP contribution in [0.25, 0.3) is 10.2 Å². The first-order valence-corrected chi connectivity index (χ1v) is 7.08. The summed E-state index contributed by atoms with van der Waals surface area (Å²) in [5.74, 6) is 0. The first kappa shape index (κ1) is 14.0. The van der Waals surface area contributed by atoms with E-state index in [4.69, 9.17) is 15.2 Å². The number of nitrogens with two attached hydrogens (primary N) is 1. The number of nitrogens with zero attached hydrogens (tertiary/aromatic N) is 1. The molecule has 19 heavy (non-hydrogen) atoms. The SMILES string of the molecule is COCCOCCCNc1nc2ccc(N)cc2s1. The average molecular weight is 281 g/mol. The Morgan fingerprint density at radius 3 is 3.05 bits per heavy atom. The summed E-state index contributed by atoms with van der Waals surface area (Å²) in [6.45, 7) is 2.88. The van der Waals surface area contributed by atoms with Crippen molar-refractivity contribution in [1.82, 2.24) is 4.98 Å². The molecule has 0 aliphatic heterocycles. The maximum absolute atomic E-state index is 5.74. The van der Waals surface area contributed by atoms with Gasteiger partial charge in [0.1, 0.15) is 0 Å². The summed E-state index contributed by atoms with van der Waals surface area (Å²) < 4.78 is 11.4. The summed E-state index contributed by atoms with van der Waals surface area (Å²) >= 11 is 1.62. The minimum Gasteiger partial charge on any atom is -0.399 e. The fourth-order valence-corrected chi connectivity index (χ4v) is 2.57. The number of nitrogens with one attached hydrogen (secondary N) is 1. The molecule has 0 amide bonds. The number of anilines is 2. The van der Waals surface area contributed by atoms with Crippen LogP contribution in [0.1, 0.15) is 6.42 Å². The summed E-state index contributed by atoms with van der Waals surface area (Å²) in [4.78, 5) is 4.49. The molecule has 1 aromatic heterocycles. The van der Waals surface area contributed by atoms with Gasteiger partial charge in [0.15, 0.2) is 5.13 Å². The fourth-order valence-electron chi connectivity index (χ4n) is 1.63. The van der Waals surface area contributed by atoms with E-state index in [1.807, 2.05) is 18.2 Å². The number of nitrogen functional groups attached to an aromatic ring is 1. The Kier molecular flexibility index (Phi) is 5.38. The van der Waals surface area contributed by atoms with Crippen molar-refractivity contribution in [2.24, 2.45) is 0 Å². The third kappa shape index (κ3) is 4.34. The highest BCUT2D eigenvalue weighted by atomic mass is 32.1. The van der Waals surface area contributed by atoms with Gasteiger partial charge in [0.05, 0.1) is 23.4 Å². The third-order valence-corrected chi connectivity index (χ3v) is 3.56. The van der Waals surface area contributed by atoms with Crippen molar-refractivity contribution in [3.8, 4) is 0 Å². The van der Waals surface area contributed by atoms with E-state index in [1.54, 1.807) is 18.4 Å². The lowest BCUT2D eigenvalue weighted by atomic mass is 10.3. The van der Waals surface area contributed by atoms with E-state index in [0.29, 0.717) is 13.2 Å². The molecule has 0 spiro atoms. The number of benzene rings is 1. The molecule has 0 atom stereocenters. The second-order valence-corrected chi connectivity index (χ2v) is 5.16. The molecule has 0 bridgehead atoms. The molecule has 0 aliphatic rings. The van der Waals surface area contributed by atoms with Crippen LogP contribution >= 0.6 is 11.3 Å². The predicted octanol–water partition coefficient (Wildman–Crippen LogP) is 2.34. The number of thiazole rings is 1. The van der Waals surface area contributed by atoms with Crippen LogP contribution in [0.2, 0.25) is 0 Å². The Balaban J connectivity index is 1.72. The van der Waals surface area contributed by atoms with Gasteiger partial charge in [0.25, 0.3) is 0 Å². The van der Waals surface area contributed by atoms with Gasteiger partial charge < -0.3 is 20.5 Å². The van der Waals surface area contributed by atoms with Gasteiger partial charge >= 0.3 is 0 Å². The number of hydrogen-bond donors (Lipinski definition) is 2. The van der Waals surface area contributed by atoms with Crippen LogP contribution in [-0.4, -0.2) is 38.5 Å². The summed E-state index contributed by atoms with van der Waals surface area (Å²) in [5, 5.41) is 4.23. The van der Waals surface area contributed by atoms with Crippen molar-refractivity contribution < 1.29 is 9.47 Å². The van der Waals surface area contributed by atoms with E-state index in [2.05, 4.69) is 10.3 Å². The van der Waals surface area contributed by atoms with Crippen LogP contribution in [0.5, 0.6) is 0 Å². The van der Waals surface area contributed by atoms with Crippen molar-refractivity contribution in [2.75, 3.05) is 44.5 Å². The van der Waals surface area contributed by atoms with E-state index in [0.717, 1.165) is 40.6 Å². The van der Waals surface area contributed by atoms with Gasteiger partial charge in [0.2, 0.25) is 0 Å². The maximum atomic E-state index is 5.74. The van der Waals surface area contributed by atoms with Gasteiger partial charge in [0, 0.05) is 25.9 Å². The van der Waals surface area contributed by atoms with Crippen LogP contribution < -0.4 is 11.1 Å².